The Hall–Kier alpha value is -1.10. The summed E-state index contributed by atoms with van der Waals surface area (Å²) in [6.07, 6.45) is 4.23. The normalized spacial score (nSPS) is 12.1. The summed E-state index contributed by atoms with van der Waals surface area (Å²) in [5.74, 6) is 0. The third kappa shape index (κ3) is 2.70. The number of hydrogen-bond donors (Lipinski definition) is 2. The first-order valence-corrected chi connectivity index (χ1v) is 5.05. The standard InChI is InChI=1S/C9H12BrN3O/c1-3-4-6(2)12-7-5-11-13-9(14)8(7)10/h3,5-6H,1,4H2,2H3,(H2,12,13,14). The number of nitrogens with one attached hydrogen (secondary N) is 2. The monoisotopic (exact) mass is 257 g/mol. The summed E-state index contributed by atoms with van der Waals surface area (Å²) in [6.45, 7) is 5.66. The van der Waals surface area contributed by atoms with E-state index in [0.717, 1.165) is 6.42 Å². The molecule has 1 aromatic heterocycles. The highest BCUT2D eigenvalue weighted by molar-refractivity contribution is 9.10. The van der Waals surface area contributed by atoms with Crippen LogP contribution in [-0.4, -0.2) is 16.2 Å². The van der Waals surface area contributed by atoms with Crippen molar-refractivity contribution in [3.05, 3.63) is 33.7 Å². The lowest BCUT2D eigenvalue weighted by Crippen LogP contribution is -2.18. The Morgan fingerprint density at radius 1 is 1.86 bits per heavy atom. The molecule has 0 bridgehead atoms. The molecule has 1 rings (SSSR count). The smallest absolute Gasteiger partial charge is 0.280 e. The van der Waals surface area contributed by atoms with E-state index in [9.17, 15) is 4.79 Å². The number of hydrogen-bond acceptors (Lipinski definition) is 3. The van der Waals surface area contributed by atoms with Gasteiger partial charge in [0.05, 0.1) is 11.9 Å². The lowest BCUT2D eigenvalue weighted by molar-refractivity contribution is 0.808. The van der Waals surface area contributed by atoms with Gasteiger partial charge >= 0.3 is 0 Å². The average molecular weight is 258 g/mol. The van der Waals surface area contributed by atoms with Gasteiger partial charge in [-0.25, -0.2) is 5.10 Å². The summed E-state index contributed by atoms with van der Waals surface area (Å²) in [6, 6.07) is 0.229. The number of rotatable bonds is 4. The van der Waals surface area contributed by atoms with Crippen molar-refractivity contribution in [2.75, 3.05) is 5.32 Å². The molecule has 0 fully saturated rings. The first-order chi connectivity index (χ1) is 6.65. The van der Waals surface area contributed by atoms with E-state index in [-0.39, 0.29) is 11.6 Å². The second kappa shape index (κ2) is 4.95. The maximum Gasteiger partial charge on any atom is 0.280 e. The molecule has 0 saturated carbocycles. The highest BCUT2D eigenvalue weighted by Crippen LogP contribution is 2.16. The molecular formula is C9H12BrN3O. The van der Waals surface area contributed by atoms with Crippen LogP contribution >= 0.6 is 15.9 Å². The van der Waals surface area contributed by atoms with Gasteiger partial charge in [0.2, 0.25) is 0 Å². The summed E-state index contributed by atoms with van der Waals surface area (Å²) in [4.78, 5) is 11.2. The molecule has 1 atom stereocenters. The van der Waals surface area contributed by atoms with Crippen LogP contribution in [0.2, 0.25) is 0 Å². The molecule has 4 nitrogen and oxygen atoms in total. The van der Waals surface area contributed by atoms with E-state index in [2.05, 4.69) is 38.0 Å². The van der Waals surface area contributed by atoms with Gasteiger partial charge in [-0.15, -0.1) is 6.58 Å². The van der Waals surface area contributed by atoms with E-state index < -0.39 is 0 Å². The van der Waals surface area contributed by atoms with Crippen molar-refractivity contribution in [2.24, 2.45) is 0 Å². The van der Waals surface area contributed by atoms with Crippen LogP contribution in [0.4, 0.5) is 5.69 Å². The molecule has 0 saturated heterocycles. The first kappa shape index (κ1) is 11.0. The molecule has 0 aliphatic rings. The molecule has 0 aliphatic heterocycles. The molecule has 0 aromatic carbocycles. The Labute approximate surface area is 90.6 Å². The lowest BCUT2D eigenvalue weighted by Gasteiger charge is -2.13. The molecule has 76 valence electrons. The van der Waals surface area contributed by atoms with Crippen molar-refractivity contribution < 1.29 is 0 Å². The summed E-state index contributed by atoms with van der Waals surface area (Å²) in [5, 5.41) is 9.19. The molecule has 0 spiro atoms. The van der Waals surface area contributed by atoms with Gasteiger partial charge in [0, 0.05) is 6.04 Å². The van der Waals surface area contributed by atoms with Crippen molar-refractivity contribution in [1.82, 2.24) is 10.2 Å². The van der Waals surface area contributed by atoms with Crippen LogP contribution < -0.4 is 10.9 Å². The number of aromatic amines is 1. The molecular weight excluding hydrogens is 246 g/mol. The third-order valence-electron chi connectivity index (χ3n) is 1.72. The van der Waals surface area contributed by atoms with Crippen LogP contribution in [0.5, 0.6) is 0 Å². The van der Waals surface area contributed by atoms with Gasteiger partial charge in [-0.1, -0.05) is 6.08 Å². The number of anilines is 1. The van der Waals surface area contributed by atoms with Gasteiger partial charge in [-0.2, -0.15) is 5.10 Å². The Morgan fingerprint density at radius 3 is 3.21 bits per heavy atom. The lowest BCUT2D eigenvalue weighted by atomic mass is 10.2. The molecule has 0 amide bonds. The number of aromatic nitrogens is 2. The van der Waals surface area contributed by atoms with E-state index in [1.54, 1.807) is 6.20 Å². The molecule has 1 aromatic rings. The molecule has 1 unspecified atom stereocenters. The van der Waals surface area contributed by atoms with Crippen LogP contribution in [0, 0.1) is 0 Å². The topological polar surface area (TPSA) is 57.8 Å². The van der Waals surface area contributed by atoms with Crippen molar-refractivity contribution in [1.29, 1.82) is 0 Å². The first-order valence-electron chi connectivity index (χ1n) is 4.25. The zero-order valence-electron chi connectivity index (χ0n) is 7.88. The Balaban J connectivity index is 2.81. The highest BCUT2D eigenvalue weighted by atomic mass is 79.9. The molecule has 2 N–H and O–H groups in total. The van der Waals surface area contributed by atoms with Gasteiger partial charge in [0.25, 0.3) is 5.56 Å². The molecule has 0 aliphatic carbocycles. The SMILES string of the molecule is C=CCC(C)Nc1cn[nH]c(=O)c1Br. The van der Waals surface area contributed by atoms with Gasteiger partial charge in [-0.05, 0) is 29.3 Å². The zero-order valence-corrected chi connectivity index (χ0v) is 9.47. The molecule has 1 heterocycles. The second-order valence-electron chi connectivity index (χ2n) is 3.00. The summed E-state index contributed by atoms with van der Waals surface area (Å²) >= 11 is 3.19. The number of nitrogens with zero attached hydrogens (tertiary/aromatic N) is 1. The van der Waals surface area contributed by atoms with Crippen LogP contribution in [0.15, 0.2) is 28.1 Å². The van der Waals surface area contributed by atoms with Crippen LogP contribution in [-0.2, 0) is 0 Å². The minimum absolute atomic E-state index is 0.229. The van der Waals surface area contributed by atoms with Crippen LogP contribution in [0.3, 0.4) is 0 Å². The van der Waals surface area contributed by atoms with Crippen molar-refractivity contribution >= 4 is 21.6 Å². The largest absolute Gasteiger partial charge is 0.380 e. The van der Waals surface area contributed by atoms with E-state index in [0.29, 0.717) is 10.2 Å². The highest BCUT2D eigenvalue weighted by Gasteiger charge is 2.06. The maximum absolute atomic E-state index is 11.2. The third-order valence-corrected chi connectivity index (χ3v) is 2.50. The minimum Gasteiger partial charge on any atom is -0.380 e. The van der Waals surface area contributed by atoms with Gasteiger partial charge < -0.3 is 5.32 Å². The Morgan fingerprint density at radius 2 is 2.57 bits per heavy atom. The predicted molar refractivity (Wildman–Crippen MR) is 60.5 cm³/mol. The van der Waals surface area contributed by atoms with E-state index in [4.69, 9.17) is 0 Å². The van der Waals surface area contributed by atoms with Crippen molar-refractivity contribution in [3.8, 4) is 0 Å². The number of halogens is 1. The molecule has 0 radical (unpaired) electrons. The van der Waals surface area contributed by atoms with Gasteiger partial charge in [0.1, 0.15) is 4.47 Å². The van der Waals surface area contributed by atoms with E-state index >= 15 is 0 Å². The summed E-state index contributed by atoms with van der Waals surface area (Å²) in [7, 11) is 0. The van der Waals surface area contributed by atoms with Gasteiger partial charge in [0.15, 0.2) is 0 Å². The summed E-state index contributed by atoms with van der Waals surface area (Å²) < 4.78 is 0.475. The van der Waals surface area contributed by atoms with E-state index in [1.807, 2.05) is 13.0 Å². The van der Waals surface area contributed by atoms with Crippen LogP contribution in [0.1, 0.15) is 13.3 Å². The zero-order chi connectivity index (χ0) is 10.6. The molecule has 5 heteroatoms. The van der Waals surface area contributed by atoms with Crippen molar-refractivity contribution in [3.63, 3.8) is 0 Å². The Bertz CT molecular complexity index is 375. The fraction of sp³-hybridized carbons (Fsp3) is 0.333. The fourth-order valence-electron chi connectivity index (χ4n) is 1.06. The predicted octanol–water partition coefficient (Wildman–Crippen LogP) is 1.91. The summed E-state index contributed by atoms with van der Waals surface area (Å²) in [5.41, 5.74) is 0.462. The van der Waals surface area contributed by atoms with E-state index in [1.165, 1.54) is 0 Å². The second-order valence-corrected chi connectivity index (χ2v) is 3.79. The maximum atomic E-state index is 11.2. The fourth-order valence-corrected chi connectivity index (χ4v) is 1.36. The van der Waals surface area contributed by atoms with Gasteiger partial charge in [-0.3, -0.25) is 4.79 Å². The quantitative estimate of drug-likeness (QED) is 0.811. The van der Waals surface area contributed by atoms with Crippen LogP contribution in [0.25, 0.3) is 0 Å². The average Bonchev–Trinajstić information content (AvgIpc) is 2.13. The Kier molecular flexibility index (Phi) is 3.88. The molecule has 14 heavy (non-hydrogen) atoms. The van der Waals surface area contributed by atoms with Crippen molar-refractivity contribution in [2.45, 2.75) is 19.4 Å². The number of H-pyrrole nitrogens is 1. The minimum atomic E-state index is -0.235.